The molecule has 0 radical (unpaired) electrons. The average molecular weight is 338 g/mol. The van der Waals surface area contributed by atoms with Gasteiger partial charge in [0.25, 0.3) is 5.91 Å². The van der Waals surface area contributed by atoms with Gasteiger partial charge in [0.2, 0.25) is 5.88 Å². The smallest absolute Gasteiger partial charge is 0.274 e. The molecule has 0 unspecified atom stereocenters. The van der Waals surface area contributed by atoms with E-state index in [4.69, 9.17) is 4.74 Å². The third kappa shape index (κ3) is 4.64. The summed E-state index contributed by atoms with van der Waals surface area (Å²) in [5.74, 6) is 0.334. The van der Waals surface area contributed by atoms with Crippen molar-refractivity contribution in [2.24, 2.45) is 0 Å². The van der Waals surface area contributed by atoms with Crippen molar-refractivity contribution >= 4 is 12.0 Å². The second-order valence-corrected chi connectivity index (χ2v) is 5.87. The number of carbonyl (C=O) groups is 1. The second-order valence-electron chi connectivity index (χ2n) is 5.87. The lowest BCUT2D eigenvalue weighted by Crippen LogP contribution is -2.48. The fraction of sp³-hybridized carbons (Fsp3) is 0.316. The molecular weight excluding hydrogens is 316 g/mol. The minimum Gasteiger partial charge on any atom is -0.480 e. The largest absolute Gasteiger partial charge is 0.480 e. The third-order valence-electron chi connectivity index (χ3n) is 4.20. The van der Waals surface area contributed by atoms with Crippen LogP contribution in [0.25, 0.3) is 6.08 Å². The summed E-state index contributed by atoms with van der Waals surface area (Å²) in [5, 5.41) is 7.79. The highest BCUT2D eigenvalue weighted by molar-refractivity contribution is 5.92. The van der Waals surface area contributed by atoms with Crippen LogP contribution in [0, 0.1) is 0 Å². The molecule has 1 aromatic heterocycles. The number of nitrogens with zero attached hydrogens (tertiary/aromatic N) is 4. The van der Waals surface area contributed by atoms with Crippen molar-refractivity contribution in [3.8, 4) is 5.88 Å². The van der Waals surface area contributed by atoms with E-state index in [1.165, 1.54) is 12.7 Å². The zero-order valence-electron chi connectivity index (χ0n) is 14.3. The molecule has 2 heterocycles. The zero-order chi connectivity index (χ0) is 17.5. The molecule has 0 bridgehead atoms. The Morgan fingerprint density at radius 2 is 1.84 bits per heavy atom. The first kappa shape index (κ1) is 17.1. The summed E-state index contributed by atoms with van der Waals surface area (Å²) in [4.78, 5) is 16.6. The van der Waals surface area contributed by atoms with E-state index in [0.717, 1.165) is 19.6 Å². The van der Waals surface area contributed by atoms with Crippen LogP contribution in [0.1, 0.15) is 16.1 Å². The summed E-state index contributed by atoms with van der Waals surface area (Å²) in [5.41, 5.74) is 1.56. The molecule has 1 aromatic carbocycles. The molecule has 0 aliphatic carbocycles. The van der Waals surface area contributed by atoms with Crippen molar-refractivity contribution in [2.45, 2.75) is 0 Å². The Kier molecular flexibility index (Phi) is 5.74. The molecule has 6 heteroatoms. The summed E-state index contributed by atoms with van der Waals surface area (Å²) in [6, 6.07) is 13.6. The quantitative estimate of drug-likeness (QED) is 0.834. The van der Waals surface area contributed by atoms with E-state index in [9.17, 15) is 4.79 Å². The van der Waals surface area contributed by atoms with Gasteiger partial charge in [0.1, 0.15) is 0 Å². The standard InChI is InChI=1S/C19H22N4O2/c1-25-18-10-9-17(20-21-18)19(24)23-14-12-22(13-15-23)11-5-8-16-6-3-2-4-7-16/h2-10H,11-15H2,1H3/b8-5+. The van der Waals surface area contributed by atoms with Crippen molar-refractivity contribution in [3.05, 3.63) is 59.8 Å². The number of hydrogen-bond donors (Lipinski definition) is 0. The summed E-state index contributed by atoms with van der Waals surface area (Å²) >= 11 is 0. The normalized spacial score (nSPS) is 15.5. The highest BCUT2D eigenvalue weighted by atomic mass is 16.5. The van der Waals surface area contributed by atoms with Gasteiger partial charge in [0, 0.05) is 38.8 Å². The lowest BCUT2D eigenvalue weighted by Gasteiger charge is -2.33. The first-order valence-electron chi connectivity index (χ1n) is 8.37. The maximum atomic E-state index is 12.5. The number of amides is 1. The molecule has 0 spiro atoms. The summed E-state index contributed by atoms with van der Waals surface area (Å²) in [6.45, 7) is 4.00. The minimum absolute atomic E-state index is 0.0744. The molecule has 1 fully saturated rings. The molecular formula is C19H22N4O2. The Morgan fingerprint density at radius 3 is 2.48 bits per heavy atom. The topological polar surface area (TPSA) is 58.6 Å². The highest BCUT2D eigenvalue weighted by Gasteiger charge is 2.22. The maximum absolute atomic E-state index is 12.5. The Balaban J connectivity index is 1.47. The van der Waals surface area contributed by atoms with E-state index in [0.29, 0.717) is 24.7 Å². The van der Waals surface area contributed by atoms with Crippen molar-refractivity contribution in [1.29, 1.82) is 0 Å². The molecule has 1 amide bonds. The van der Waals surface area contributed by atoms with Gasteiger partial charge in [-0.05, 0) is 11.6 Å². The van der Waals surface area contributed by atoms with Crippen LogP contribution in [-0.4, -0.2) is 65.7 Å². The molecule has 25 heavy (non-hydrogen) atoms. The predicted octanol–water partition coefficient (Wildman–Crippen LogP) is 1.96. The van der Waals surface area contributed by atoms with E-state index in [1.54, 1.807) is 12.1 Å². The van der Waals surface area contributed by atoms with E-state index >= 15 is 0 Å². The molecule has 1 saturated heterocycles. The van der Waals surface area contributed by atoms with Crippen molar-refractivity contribution < 1.29 is 9.53 Å². The number of piperazine rings is 1. The molecule has 6 nitrogen and oxygen atoms in total. The van der Waals surface area contributed by atoms with E-state index < -0.39 is 0 Å². The lowest BCUT2D eigenvalue weighted by molar-refractivity contribution is 0.0643. The molecule has 0 saturated carbocycles. The summed E-state index contributed by atoms with van der Waals surface area (Å²) in [6.07, 6.45) is 4.30. The Morgan fingerprint density at radius 1 is 1.08 bits per heavy atom. The van der Waals surface area contributed by atoms with Gasteiger partial charge in [-0.1, -0.05) is 42.5 Å². The number of rotatable bonds is 5. The third-order valence-corrected chi connectivity index (χ3v) is 4.20. The van der Waals surface area contributed by atoms with Crippen molar-refractivity contribution in [1.82, 2.24) is 20.0 Å². The van der Waals surface area contributed by atoms with Gasteiger partial charge in [0.15, 0.2) is 5.69 Å². The molecule has 3 rings (SSSR count). The Bertz CT molecular complexity index is 708. The fourth-order valence-electron chi connectivity index (χ4n) is 2.74. The molecule has 1 aliphatic rings. The number of benzene rings is 1. The fourth-order valence-corrected chi connectivity index (χ4v) is 2.74. The second kappa shape index (κ2) is 8.39. The van der Waals surface area contributed by atoms with Crippen LogP contribution in [0.2, 0.25) is 0 Å². The highest BCUT2D eigenvalue weighted by Crippen LogP contribution is 2.10. The van der Waals surface area contributed by atoms with Gasteiger partial charge in [-0.2, -0.15) is 0 Å². The average Bonchev–Trinajstić information content (AvgIpc) is 2.69. The molecule has 130 valence electrons. The molecule has 0 N–H and O–H groups in total. The van der Waals surface area contributed by atoms with E-state index in [-0.39, 0.29) is 5.91 Å². The Hall–Kier alpha value is -2.73. The van der Waals surface area contributed by atoms with E-state index in [2.05, 4.69) is 39.4 Å². The number of carbonyl (C=O) groups excluding carboxylic acids is 1. The van der Waals surface area contributed by atoms with Crippen molar-refractivity contribution in [3.63, 3.8) is 0 Å². The SMILES string of the molecule is COc1ccc(C(=O)N2CCN(C/C=C/c3ccccc3)CC2)nn1. The summed E-state index contributed by atoms with van der Waals surface area (Å²) in [7, 11) is 1.52. The van der Waals surface area contributed by atoms with Gasteiger partial charge in [-0.15, -0.1) is 10.2 Å². The van der Waals surface area contributed by atoms with Gasteiger partial charge < -0.3 is 9.64 Å². The summed E-state index contributed by atoms with van der Waals surface area (Å²) < 4.78 is 4.97. The monoisotopic (exact) mass is 338 g/mol. The van der Waals surface area contributed by atoms with Crippen LogP contribution < -0.4 is 4.74 Å². The van der Waals surface area contributed by atoms with Gasteiger partial charge in [-0.3, -0.25) is 9.69 Å². The van der Waals surface area contributed by atoms with Crippen LogP contribution >= 0.6 is 0 Å². The van der Waals surface area contributed by atoms with Gasteiger partial charge in [0.05, 0.1) is 7.11 Å². The first-order valence-corrected chi connectivity index (χ1v) is 8.37. The molecule has 1 aliphatic heterocycles. The predicted molar refractivity (Wildman–Crippen MR) is 96.4 cm³/mol. The van der Waals surface area contributed by atoms with Crippen LogP contribution in [0.3, 0.4) is 0 Å². The maximum Gasteiger partial charge on any atom is 0.274 e. The number of aromatic nitrogens is 2. The first-order chi connectivity index (χ1) is 12.3. The van der Waals surface area contributed by atoms with E-state index in [1.807, 2.05) is 23.1 Å². The number of hydrogen-bond acceptors (Lipinski definition) is 5. The Labute approximate surface area is 147 Å². The minimum atomic E-state index is -0.0744. The van der Waals surface area contributed by atoms with Crippen LogP contribution in [0.4, 0.5) is 0 Å². The van der Waals surface area contributed by atoms with Crippen molar-refractivity contribution in [2.75, 3.05) is 39.8 Å². The number of ether oxygens (including phenoxy) is 1. The number of methoxy groups -OCH3 is 1. The van der Waals surface area contributed by atoms with Gasteiger partial charge >= 0.3 is 0 Å². The molecule has 0 atom stereocenters. The van der Waals surface area contributed by atoms with Crippen LogP contribution in [0.5, 0.6) is 5.88 Å². The van der Waals surface area contributed by atoms with Gasteiger partial charge in [-0.25, -0.2) is 0 Å². The molecule has 2 aromatic rings. The zero-order valence-corrected chi connectivity index (χ0v) is 14.3. The lowest BCUT2D eigenvalue weighted by atomic mass is 10.2. The van der Waals surface area contributed by atoms with Crippen LogP contribution in [0.15, 0.2) is 48.5 Å². The van der Waals surface area contributed by atoms with Crippen LogP contribution in [-0.2, 0) is 0 Å².